The second kappa shape index (κ2) is 5.50. The van der Waals surface area contributed by atoms with E-state index >= 15 is 0 Å². The highest BCUT2D eigenvalue weighted by atomic mass is 16.5. The second-order valence-electron chi connectivity index (χ2n) is 5.84. The smallest absolute Gasteiger partial charge is 0.0462 e. The Kier molecular flexibility index (Phi) is 4.26. The lowest BCUT2D eigenvalue weighted by molar-refractivity contribution is -0.0173. The molecule has 2 fully saturated rings. The molecule has 1 aliphatic heterocycles. The van der Waals surface area contributed by atoms with Crippen LogP contribution in [0.5, 0.6) is 0 Å². The van der Waals surface area contributed by atoms with Crippen molar-refractivity contribution in [1.29, 1.82) is 0 Å². The third kappa shape index (κ3) is 2.78. The van der Waals surface area contributed by atoms with Gasteiger partial charge in [-0.1, -0.05) is 6.92 Å². The average Bonchev–Trinajstić information content (AvgIpc) is 2.28. The molecule has 2 aliphatic rings. The van der Waals surface area contributed by atoms with Crippen LogP contribution in [0.2, 0.25) is 0 Å². The Labute approximate surface area is 100 Å². The van der Waals surface area contributed by atoms with Gasteiger partial charge in [0.1, 0.15) is 0 Å². The molecule has 0 N–H and O–H groups in total. The van der Waals surface area contributed by atoms with Gasteiger partial charge in [0.25, 0.3) is 0 Å². The molecule has 0 unspecified atom stereocenters. The quantitative estimate of drug-likeness (QED) is 0.667. The molecule has 0 bridgehead atoms. The largest absolute Gasteiger partial charge is 0.385 e. The van der Waals surface area contributed by atoms with Gasteiger partial charge in [-0.2, -0.15) is 0 Å². The number of rotatable bonds is 5. The van der Waals surface area contributed by atoms with Crippen molar-refractivity contribution in [2.24, 2.45) is 11.3 Å². The Morgan fingerprint density at radius 2 is 1.94 bits per heavy atom. The molecule has 0 aromatic heterocycles. The molecule has 1 aliphatic carbocycles. The van der Waals surface area contributed by atoms with E-state index in [9.17, 15) is 0 Å². The summed E-state index contributed by atoms with van der Waals surface area (Å²) in [6.07, 6.45) is 8.59. The van der Waals surface area contributed by atoms with Crippen molar-refractivity contribution in [2.75, 3.05) is 33.4 Å². The summed E-state index contributed by atoms with van der Waals surface area (Å²) < 4.78 is 5.12. The first-order valence-corrected chi connectivity index (χ1v) is 6.99. The van der Waals surface area contributed by atoms with Crippen LogP contribution in [0.15, 0.2) is 0 Å². The van der Waals surface area contributed by atoms with Crippen molar-refractivity contribution in [3.05, 3.63) is 0 Å². The van der Waals surface area contributed by atoms with Crippen LogP contribution in [-0.4, -0.2) is 38.3 Å². The van der Waals surface area contributed by atoms with Gasteiger partial charge >= 0.3 is 0 Å². The fraction of sp³-hybridized carbons (Fsp3) is 1.00. The molecule has 2 heteroatoms. The van der Waals surface area contributed by atoms with Crippen molar-refractivity contribution >= 4 is 0 Å². The molecule has 1 saturated carbocycles. The molecular weight excluding hydrogens is 198 g/mol. The number of methoxy groups -OCH3 is 1. The van der Waals surface area contributed by atoms with Crippen LogP contribution in [0.3, 0.4) is 0 Å². The fourth-order valence-electron chi connectivity index (χ4n) is 3.64. The molecule has 1 heterocycles. The zero-order valence-corrected chi connectivity index (χ0v) is 11.0. The van der Waals surface area contributed by atoms with E-state index in [-0.39, 0.29) is 0 Å². The maximum Gasteiger partial charge on any atom is 0.0462 e. The number of likely N-dealkylation sites (tertiary alicyclic amines) is 1. The highest BCUT2D eigenvalue weighted by Crippen LogP contribution is 2.53. The van der Waals surface area contributed by atoms with Crippen molar-refractivity contribution in [3.8, 4) is 0 Å². The number of hydrogen-bond donors (Lipinski definition) is 0. The van der Waals surface area contributed by atoms with E-state index in [4.69, 9.17) is 4.74 Å². The summed E-state index contributed by atoms with van der Waals surface area (Å²) >= 11 is 0. The lowest BCUT2D eigenvalue weighted by atomic mass is 9.56. The van der Waals surface area contributed by atoms with E-state index in [1.54, 1.807) is 0 Å². The van der Waals surface area contributed by atoms with E-state index < -0.39 is 0 Å². The summed E-state index contributed by atoms with van der Waals surface area (Å²) in [7, 11) is 1.81. The predicted molar refractivity (Wildman–Crippen MR) is 67.6 cm³/mol. The lowest BCUT2D eigenvalue weighted by Gasteiger charge is -2.52. The van der Waals surface area contributed by atoms with E-state index in [1.807, 2.05) is 7.11 Å². The molecule has 2 nitrogen and oxygen atoms in total. The van der Waals surface area contributed by atoms with Gasteiger partial charge in [-0.3, -0.25) is 0 Å². The van der Waals surface area contributed by atoms with Crippen molar-refractivity contribution < 1.29 is 4.74 Å². The van der Waals surface area contributed by atoms with Crippen LogP contribution >= 0.6 is 0 Å². The van der Waals surface area contributed by atoms with Gasteiger partial charge in [0.15, 0.2) is 0 Å². The number of hydrogen-bond acceptors (Lipinski definition) is 2. The monoisotopic (exact) mass is 225 g/mol. The summed E-state index contributed by atoms with van der Waals surface area (Å²) in [6, 6.07) is 0. The Morgan fingerprint density at radius 3 is 2.50 bits per heavy atom. The zero-order chi connectivity index (χ0) is 11.4. The molecule has 16 heavy (non-hydrogen) atoms. The second-order valence-corrected chi connectivity index (χ2v) is 5.84. The van der Waals surface area contributed by atoms with Crippen LogP contribution < -0.4 is 0 Å². The Balaban J connectivity index is 1.63. The van der Waals surface area contributed by atoms with Crippen LogP contribution in [-0.2, 0) is 4.74 Å². The van der Waals surface area contributed by atoms with Crippen LogP contribution in [0.25, 0.3) is 0 Å². The van der Waals surface area contributed by atoms with E-state index in [2.05, 4.69) is 11.8 Å². The Bertz CT molecular complexity index is 201. The third-order valence-corrected chi connectivity index (χ3v) is 4.77. The van der Waals surface area contributed by atoms with Crippen molar-refractivity contribution in [3.63, 3.8) is 0 Å². The molecule has 0 amide bonds. The maximum atomic E-state index is 5.12. The fourth-order valence-corrected chi connectivity index (χ4v) is 3.64. The van der Waals surface area contributed by atoms with Gasteiger partial charge < -0.3 is 9.64 Å². The third-order valence-electron chi connectivity index (χ3n) is 4.77. The maximum absolute atomic E-state index is 5.12. The van der Waals surface area contributed by atoms with E-state index in [0.29, 0.717) is 0 Å². The molecule has 0 atom stereocenters. The molecule has 1 spiro atoms. The standard InChI is InChI=1S/C14H27NO/c1-3-15-8-6-14(7-9-15)11-13(12-14)5-4-10-16-2/h13H,3-12H2,1-2H3. The van der Waals surface area contributed by atoms with Crippen LogP contribution in [0.4, 0.5) is 0 Å². The Hall–Kier alpha value is -0.0800. The summed E-state index contributed by atoms with van der Waals surface area (Å²) in [5.41, 5.74) is 0.767. The molecule has 1 saturated heterocycles. The summed E-state index contributed by atoms with van der Waals surface area (Å²) in [5.74, 6) is 1.02. The molecule has 0 aromatic carbocycles. The van der Waals surface area contributed by atoms with Gasteiger partial charge in [-0.05, 0) is 69.5 Å². The average molecular weight is 225 g/mol. The highest BCUT2D eigenvalue weighted by molar-refractivity contribution is 4.96. The van der Waals surface area contributed by atoms with Gasteiger partial charge in [0, 0.05) is 13.7 Å². The number of nitrogens with zero attached hydrogens (tertiary/aromatic N) is 1. The first kappa shape index (κ1) is 12.4. The first-order chi connectivity index (χ1) is 7.78. The van der Waals surface area contributed by atoms with Gasteiger partial charge in [-0.15, -0.1) is 0 Å². The van der Waals surface area contributed by atoms with E-state index in [1.165, 1.54) is 58.2 Å². The normalized spacial score (nSPS) is 25.9. The van der Waals surface area contributed by atoms with Crippen molar-refractivity contribution in [1.82, 2.24) is 4.90 Å². The molecule has 94 valence electrons. The molecule has 0 radical (unpaired) electrons. The van der Waals surface area contributed by atoms with Crippen LogP contribution in [0, 0.1) is 11.3 Å². The minimum Gasteiger partial charge on any atom is -0.385 e. The first-order valence-electron chi connectivity index (χ1n) is 6.99. The van der Waals surface area contributed by atoms with Crippen LogP contribution in [0.1, 0.15) is 45.4 Å². The summed E-state index contributed by atoms with van der Waals surface area (Å²) in [5, 5.41) is 0. The number of ether oxygens (including phenoxy) is 1. The minimum absolute atomic E-state index is 0.767. The summed E-state index contributed by atoms with van der Waals surface area (Å²) in [6.45, 7) is 7.18. The van der Waals surface area contributed by atoms with Gasteiger partial charge in [-0.25, -0.2) is 0 Å². The lowest BCUT2D eigenvalue weighted by Crippen LogP contribution is -2.47. The minimum atomic E-state index is 0.767. The molecule has 0 aromatic rings. The highest BCUT2D eigenvalue weighted by Gasteiger charge is 2.44. The number of piperidine rings is 1. The molecule has 2 rings (SSSR count). The van der Waals surface area contributed by atoms with Crippen molar-refractivity contribution in [2.45, 2.75) is 45.4 Å². The predicted octanol–water partition coefficient (Wildman–Crippen LogP) is 2.93. The molecular formula is C14H27NO. The van der Waals surface area contributed by atoms with E-state index in [0.717, 1.165) is 17.9 Å². The zero-order valence-electron chi connectivity index (χ0n) is 11.0. The summed E-state index contributed by atoms with van der Waals surface area (Å²) in [4.78, 5) is 2.60. The Morgan fingerprint density at radius 1 is 1.25 bits per heavy atom. The van der Waals surface area contributed by atoms with Gasteiger partial charge in [0.05, 0.1) is 0 Å². The topological polar surface area (TPSA) is 12.5 Å². The SMILES string of the molecule is CCN1CCC2(CC1)CC(CCCOC)C2. The van der Waals surface area contributed by atoms with Gasteiger partial charge in [0.2, 0.25) is 0 Å².